The Labute approximate surface area is 88.3 Å². The maximum atomic E-state index is 5.80. The van der Waals surface area contributed by atoms with E-state index in [4.69, 9.17) is 11.6 Å². The summed E-state index contributed by atoms with van der Waals surface area (Å²) in [4.78, 5) is 5.28. The first-order valence-corrected chi connectivity index (χ1v) is 5.69. The molecule has 1 rings (SSSR count). The van der Waals surface area contributed by atoms with E-state index in [-0.39, 0.29) is 5.41 Å². The van der Waals surface area contributed by atoms with Crippen molar-refractivity contribution in [1.29, 1.82) is 0 Å². The van der Waals surface area contributed by atoms with Crippen LogP contribution >= 0.6 is 22.9 Å². The Morgan fingerprint density at radius 2 is 2.38 bits per heavy atom. The monoisotopic (exact) mass is 218 g/mol. The average Bonchev–Trinajstić information content (AvgIpc) is 2.57. The van der Waals surface area contributed by atoms with Crippen molar-refractivity contribution < 1.29 is 0 Å². The Morgan fingerprint density at radius 1 is 1.62 bits per heavy atom. The summed E-state index contributed by atoms with van der Waals surface area (Å²) < 4.78 is 0. The minimum absolute atomic E-state index is 0.173. The topological polar surface area (TPSA) is 24.9 Å². The summed E-state index contributed by atoms with van der Waals surface area (Å²) in [7, 11) is 0. The predicted molar refractivity (Wildman–Crippen MR) is 58.3 cm³/mol. The van der Waals surface area contributed by atoms with Crippen LogP contribution in [0.4, 0.5) is 0 Å². The molecule has 0 spiro atoms. The Balaban J connectivity index is 2.21. The van der Waals surface area contributed by atoms with Gasteiger partial charge in [0.25, 0.3) is 0 Å². The molecule has 1 N–H and O–H groups in total. The van der Waals surface area contributed by atoms with E-state index in [9.17, 15) is 0 Å². The standard InChI is InChI=1S/C9H15ClN2S/c1-9(2,5-10)6-11-3-8-4-12-7-13-8/h4,7,11H,3,5-6H2,1-2H3. The zero-order valence-corrected chi connectivity index (χ0v) is 9.58. The summed E-state index contributed by atoms with van der Waals surface area (Å²) in [6, 6.07) is 0. The van der Waals surface area contributed by atoms with Gasteiger partial charge in [-0.3, -0.25) is 4.98 Å². The molecule has 1 aromatic heterocycles. The molecular weight excluding hydrogens is 204 g/mol. The SMILES string of the molecule is CC(C)(CCl)CNCc1cncs1. The van der Waals surface area contributed by atoms with Crippen LogP contribution in [0, 0.1) is 5.41 Å². The van der Waals surface area contributed by atoms with Crippen molar-refractivity contribution in [2.45, 2.75) is 20.4 Å². The highest BCUT2D eigenvalue weighted by atomic mass is 35.5. The van der Waals surface area contributed by atoms with Gasteiger partial charge < -0.3 is 5.32 Å². The van der Waals surface area contributed by atoms with E-state index in [1.54, 1.807) is 11.3 Å². The second-order valence-electron chi connectivity index (χ2n) is 3.87. The van der Waals surface area contributed by atoms with Crippen molar-refractivity contribution in [2.75, 3.05) is 12.4 Å². The summed E-state index contributed by atoms with van der Waals surface area (Å²) in [5.41, 5.74) is 2.02. The van der Waals surface area contributed by atoms with Crippen molar-refractivity contribution in [3.63, 3.8) is 0 Å². The van der Waals surface area contributed by atoms with Gasteiger partial charge in [-0.05, 0) is 5.41 Å². The van der Waals surface area contributed by atoms with Crippen LogP contribution in [0.15, 0.2) is 11.7 Å². The molecule has 0 atom stereocenters. The lowest BCUT2D eigenvalue weighted by Crippen LogP contribution is -2.30. The Kier molecular flexibility index (Phi) is 4.16. The van der Waals surface area contributed by atoms with Gasteiger partial charge in [-0.2, -0.15) is 0 Å². The molecule has 0 unspecified atom stereocenters. The van der Waals surface area contributed by atoms with Crippen LogP contribution < -0.4 is 5.32 Å². The highest BCUT2D eigenvalue weighted by Gasteiger charge is 2.15. The molecule has 0 aromatic carbocycles. The number of hydrogen-bond acceptors (Lipinski definition) is 3. The van der Waals surface area contributed by atoms with E-state index in [0.717, 1.165) is 13.1 Å². The molecule has 0 radical (unpaired) electrons. The van der Waals surface area contributed by atoms with Gasteiger partial charge in [0.1, 0.15) is 0 Å². The Hall–Kier alpha value is -0.120. The number of nitrogens with one attached hydrogen (secondary N) is 1. The fourth-order valence-electron chi connectivity index (χ4n) is 0.901. The van der Waals surface area contributed by atoms with Crippen LogP contribution in [0.3, 0.4) is 0 Å². The van der Waals surface area contributed by atoms with Gasteiger partial charge in [0.05, 0.1) is 5.51 Å². The van der Waals surface area contributed by atoms with Gasteiger partial charge in [0.15, 0.2) is 0 Å². The van der Waals surface area contributed by atoms with Crippen molar-refractivity contribution in [2.24, 2.45) is 5.41 Å². The molecule has 0 fully saturated rings. The third-order valence-corrected chi connectivity index (χ3v) is 3.25. The van der Waals surface area contributed by atoms with E-state index in [1.165, 1.54) is 4.88 Å². The molecule has 13 heavy (non-hydrogen) atoms. The van der Waals surface area contributed by atoms with Crippen LogP contribution in [0.1, 0.15) is 18.7 Å². The van der Waals surface area contributed by atoms with Gasteiger partial charge in [0, 0.05) is 30.0 Å². The van der Waals surface area contributed by atoms with Crippen LogP contribution in [-0.2, 0) is 6.54 Å². The van der Waals surface area contributed by atoms with Gasteiger partial charge in [-0.25, -0.2) is 0 Å². The molecule has 0 bridgehead atoms. The number of hydrogen-bond donors (Lipinski definition) is 1. The first-order valence-electron chi connectivity index (χ1n) is 4.28. The maximum absolute atomic E-state index is 5.80. The molecule has 0 saturated carbocycles. The highest BCUT2D eigenvalue weighted by molar-refractivity contribution is 7.09. The second kappa shape index (κ2) is 4.94. The summed E-state index contributed by atoms with van der Waals surface area (Å²) in [5, 5.41) is 3.36. The molecule has 0 amide bonds. The van der Waals surface area contributed by atoms with E-state index >= 15 is 0 Å². The summed E-state index contributed by atoms with van der Waals surface area (Å²) in [6.07, 6.45) is 1.89. The fraction of sp³-hybridized carbons (Fsp3) is 0.667. The van der Waals surface area contributed by atoms with Crippen LogP contribution in [0.2, 0.25) is 0 Å². The number of nitrogens with zero attached hydrogens (tertiary/aromatic N) is 1. The van der Waals surface area contributed by atoms with Gasteiger partial charge in [0.2, 0.25) is 0 Å². The smallest absolute Gasteiger partial charge is 0.0794 e. The highest BCUT2D eigenvalue weighted by Crippen LogP contribution is 2.15. The maximum Gasteiger partial charge on any atom is 0.0794 e. The second-order valence-corrected chi connectivity index (χ2v) is 5.11. The number of halogens is 1. The zero-order valence-electron chi connectivity index (χ0n) is 8.01. The normalized spacial score (nSPS) is 11.9. The first kappa shape index (κ1) is 11.0. The predicted octanol–water partition coefficient (Wildman–Crippen LogP) is 2.50. The summed E-state index contributed by atoms with van der Waals surface area (Å²) in [6.45, 7) is 6.14. The van der Waals surface area contributed by atoms with Crippen molar-refractivity contribution in [3.8, 4) is 0 Å². The lowest BCUT2D eigenvalue weighted by molar-refractivity contribution is 0.386. The van der Waals surface area contributed by atoms with Gasteiger partial charge in [-0.1, -0.05) is 13.8 Å². The molecule has 74 valence electrons. The molecule has 0 aliphatic heterocycles. The molecule has 2 nitrogen and oxygen atoms in total. The van der Waals surface area contributed by atoms with Gasteiger partial charge in [-0.15, -0.1) is 22.9 Å². The number of alkyl halides is 1. The van der Waals surface area contributed by atoms with Crippen molar-refractivity contribution in [1.82, 2.24) is 10.3 Å². The molecule has 1 aromatic rings. The number of aromatic nitrogens is 1. The minimum Gasteiger partial charge on any atom is -0.311 e. The number of rotatable bonds is 5. The average molecular weight is 219 g/mol. The third kappa shape index (κ3) is 4.07. The molecule has 4 heteroatoms. The Bertz CT molecular complexity index is 234. The fourth-order valence-corrected chi connectivity index (χ4v) is 1.56. The van der Waals surface area contributed by atoms with E-state index in [0.29, 0.717) is 5.88 Å². The van der Waals surface area contributed by atoms with Crippen LogP contribution in [0.5, 0.6) is 0 Å². The van der Waals surface area contributed by atoms with E-state index < -0.39 is 0 Å². The largest absolute Gasteiger partial charge is 0.311 e. The molecule has 0 saturated heterocycles. The molecule has 1 heterocycles. The quantitative estimate of drug-likeness (QED) is 0.769. The van der Waals surface area contributed by atoms with Crippen LogP contribution in [-0.4, -0.2) is 17.4 Å². The lowest BCUT2D eigenvalue weighted by atomic mass is 9.97. The Morgan fingerprint density at radius 3 is 2.92 bits per heavy atom. The molecular formula is C9H15ClN2S. The lowest BCUT2D eigenvalue weighted by Gasteiger charge is -2.21. The van der Waals surface area contributed by atoms with Crippen molar-refractivity contribution in [3.05, 3.63) is 16.6 Å². The van der Waals surface area contributed by atoms with Gasteiger partial charge >= 0.3 is 0 Å². The third-order valence-electron chi connectivity index (χ3n) is 1.75. The molecule has 0 aliphatic rings. The van der Waals surface area contributed by atoms with E-state index in [2.05, 4.69) is 24.1 Å². The number of thiazole rings is 1. The molecule has 0 aliphatic carbocycles. The van der Waals surface area contributed by atoms with Crippen LogP contribution in [0.25, 0.3) is 0 Å². The summed E-state index contributed by atoms with van der Waals surface area (Å²) >= 11 is 7.48. The van der Waals surface area contributed by atoms with E-state index in [1.807, 2.05) is 11.7 Å². The zero-order chi connectivity index (χ0) is 9.73. The summed E-state index contributed by atoms with van der Waals surface area (Å²) in [5.74, 6) is 0.683. The first-order chi connectivity index (χ1) is 6.14. The van der Waals surface area contributed by atoms with Crippen molar-refractivity contribution >= 4 is 22.9 Å². The minimum atomic E-state index is 0.173.